The molecule has 88 valence electrons. The van der Waals surface area contributed by atoms with Crippen LogP contribution in [0.15, 0.2) is 24.3 Å². The van der Waals surface area contributed by atoms with Crippen LogP contribution in [-0.4, -0.2) is 12.7 Å². The maximum atomic E-state index is 13.1. The van der Waals surface area contributed by atoms with Crippen LogP contribution in [0.3, 0.4) is 0 Å². The highest BCUT2D eigenvalue weighted by Gasteiger charge is 2.32. The molecular weight excluding hydrogens is 207 g/mol. The van der Waals surface area contributed by atoms with Gasteiger partial charge in [0.15, 0.2) is 0 Å². The van der Waals surface area contributed by atoms with Crippen LogP contribution in [0.1, 0.15) is 24.9 Å². The highest BCUT2D eigenvalue weighted by Crippen LogP contribution is 2.32. The molecule has 16 heavy (non-hydrogen) atoms. The predicted molar refractivity (Wildman–Crippen MR) is 60.0 cm³/mol. The zero-order valence-electron chi connectivity index (χ0n) is 9.32. The van der Waals surface area contributed by atoms with Crippen molar-refractivity contribution in [3.05, 3.63) is 35.6 Å². The fraction of sp³-hybridized carbons (Fsp3) is 0.500. The molecule has 0 radical (unpaired) electrons. The Morgan fingerprint density at radius 2 is 2.38 bits per heavy atom. The maximum Gasteiger partial charge on any atom is 0.123 e. The maximum absolute atomic E-state index is 13.1. The number of nitrogens with two attached hydrogens (primary N) is 1. The molecule has 4 heteroatoms. The Morgan fingerprint density at radius 3 is 2.94 bits per heavy atom. The third-order valence-electron chi connectivity index (χ3n) is 3.25. The molecule has 3 unspecified atom stereocenters. The van der Waals surface area contributed by atoms with Crippen molar-refractivity contribution in [2.24, 2.45) is 11.8 Å². The van der Waals surface area contributed by atoms with Gasteiger partial charge in [-0.3, -0.25) is 11.3 Å². The molecule has 3 nitrogen and oxygen atoms in total. The van der Waals surface area contributed by atoms with Crippen molar-refractivity contribution in [3.8, 4) is 0 Å². The minimum Gasteiger partial charge on any atom is -0.378 e. The highest BCUT2D eigenvalue weighted by molar-refractivity contribution is 5.21. The highest BCUT2D eigenvalue weighted by atomic mass is 19.1. The Morgan fingerprint density at radius 1 is 1.56 bits per heavy atom. The minimum atomic E-state index is -0.232. The van der Waals surface area contributed by atoms with E-state index in [4.69, 9.17) is 10.6 Å². The molecule has 0 aromatic heterocycles. The molecular formula is C12H17FN2O. The number of rotatable bonds is 3. The van der Waals surface area contributed by atoms with Crippen LogP contribution in [0.25, 0.3) is 0 Å². The Bertz CT molecular complexity index is 359. The van der Waals surface area contributed by atoms with Crippen molar-refractivity contribution in [2.45, 2.75) is 25.5 Å². The number of hydrazine groups is 1. The van der Waals surface area contributed by atoms with E-state index in [9.17, 15) is 4.39 Å². The number of benzene rings is 1. The molecule has 1 aromatic carbocycles. The first-order valence-corrected chi connectivity index (χ1v) is 5.55. The topological polar surface area (TPSA) is 47.3 Å². The van der Waals surface area contributed by atoms with E-state index in [2.05, 4.69) is 5.43 Å². The van der Waals surface area contributed by atoms with E-state index in [1.807, 2.05) is 13.0 Å². The van der Waals surface area contributed by atoms with E-state index in [0.717, 1.165) is 18.6 Å². The Labute approximate surface area is 94.8 Å². The van der Waals surface area contributed by atoms with Crippen molar-refractivity contribution < 1.29 is 9.13 Å². The lowest BCUT2D eigenvalue weighted by molar-refractivity contribution is 0.0953. The van der Waals surface area contributed by atoms with E-state index >= 15 is 0 Å². The molecule has 1 aliphatic heterocycles. The summed E-state index contributed by atoms with van der Waals surface area (Å²) < 4.78 is 18.7. The molecule has 1 aromatic rings. The zero-order chi connectivity index (χ0) is 11.5. The molecule has 3 atom stereocenters. The van der Waals surface area contributed by atoms with E-state index in [-0.39, 0.29) is 18.0 Å². The quantitative estimate of drug-likeness (QED) is 0.607. The van der Waals surface area contributed by atoms with E-state index in [1.165, 1.54) is 12.1 Å². The van der Waals surface area contributed by atoms with Crippen LogP contribution < -0.4 is 11.3 Å². The van der Waals surface area contributed by atoms with Gasteiger partial charge < -0.3 is 4.74 Å². The fourth-order valence-electron chi connectivity index (χ4n) is 2.35. The van der Waals surface area contributed by atoms with E-state index in [1.54, 1.807) is 6.07 Å². The lowest BCUT2D eigenvalue weighted by Gasteiger charge is -2.25. The van der Waals surface area contributed by atoms with Gasteiger partial charge in [-0.25, -0.2) is 4.39 Å². The van der Waals surface area contributed by atoms with Crippen LogP contribution in [-0.2, 0) is 4.74 Å². The molecule has 2 rings (SSSR count). The second kappa shape index (κ2) is 4.91. The number of ether oxygens (including phenoxy) is 1. The predicted octanol–water partition coefficient (Wildman–Crippen LogP) is 1.76. The molecule has 0 spiro atoms. The smallest absolute Gasteiger partial charge is 0.123 e. The molecule has 1 aliphatic rings. The monoisotopic (exact) mass is 224 g/mol. The van der Waals surface area contributed by atoms with Gasteiger partial charge in [0.05, 0.1) is 12.1 Å². The van der Waals surface area contributed by atoms with Crippen LogP contribution >= 0.6 is 0 Å². The first kappa shape index (κ1) is 11.5. The Kier molecular flexibility index (Phi) is 3.53. The third-order valence-corrected chi connectivity index (χ3v) is 3.25. The van der Waals surface area contributed by atoms with Crippen molar-refractivity contribution in [3.63, 3.8) is 0 Å². The summed E-state index contributed by atoms with van der Waals surface area (Å²) in [6, 6.07) is 6.50. The van der Waals surface area contributed by atoms with Gasteiger partial charge in [-0.15, -0.1) is 0 Å². The van der Waals surface area contributed by atoms with Crippen LogP contribution in [0, 0.1) is 11.7 Å². The molecule has 0 bridgehead atoms. The summed E-state index contributed by atoms with van der Waals surface area (Å²) in [6.07, 6.45) is 1.11. The Balaban J connectivity index is 2.21. The second-order valence-corrected chi connectivity index (χ2v) is 4.23. The average Bonchev–Trinajstić information content (AvgIpc) is 2.67. The van der Waals surface area contributed by atoms with Crippen molar-refractivity contribution >= 4 is 0 Å². The number of hydrogen-bond donors (Lipinski definition) is 2. The lowest BCUT2D eigenvalue weighted by Crippen LogP contribution is -2.36. The number of nitrogens with one attached hydrogen (secondary N) is 1. The van der Waals surface area contributed by atoms with E-state index in [0.29, 0.717) is 5.92 Å². The molecule has 1 saturated heterocycles. The van der Waals surface area contributed by atoms with Crippen LogP contribution in [0.2, 0.25) is 0 Å². The first-order chi connectivity index (χ1) is 7.72. The molecule has 1 heterocycles. The molecule has 3 N–H and O–H groups in total. The average molecular weight is 224 g/mol. The standard InChI is InChI=1S/C12H17FN2O/c1-8-11(5-6-16-8)12(15-14)9-3-2-4-10(13)7-9/h2-4,7-8,11-12,15H,5-6,14H2,1H3. The summed E-state index contributed by atoms with van der Waals surface area (Å²) in [5.74, 6) is 5.63. The van der Waals surface area contributed by atoms with Crippen molar-refractivity contribution in [2.75, 3.05) is 6.61 Å². The van der Waals surface area contributed by atoms with Gasteiger partial charge in [0, 0.05) is 12.5 Å². The fourth-order valence-corrected chi connectivity index (χ4v) is 2.35. The summed E-state index contributed by atoms with van der Waals surface area (Å²) >= 11 is 0. The Hall–Kier alpha value is -0.970. The SMILES string of the molecule is CC1OCCC1C(NN)c1cccc(F)c1. The number of halogens is 1. The molecule has 0 saturated carbocycles. The van der Waals surface area contributed by atoms with E-state index < -0.39 is 0 Å². The van der Waals surface area contributed by atoms with Gasteiger partial charge in [-0.05, 0) is 31.0 Å². The summed E-state index contributed by atoms with van der Waals surface area (Å²) in [4.78, 5) is 0. The summed E-state index contributed by atoms with van der Waals surface area (Å²) in [7, 11) is 0. The van der Waals surface area contributed by atoms with Gasteiger partial charge in [0.25, 0.3) is 0 Å². The second-order valence-electron chi connectivity index (χ2n) is 4.23. The molecule has 1 fully saturated rings. The van der Waals surface area contributed by atoms with Gasteiger partial charge >= 0.3 is 0 Å². The normalized spacial score (nSPS) is 26.9. The third kappa shape index (κ3) is 2.24. The van der Waals surface area contributed by atoms with Gasteiger partial charge in [0.2, 0.25) is 0 Å². The largest absolute Gasteiger partial charge is 0.378 e. The van der Waals surface area contributed by atoms with Gasteiger partial charge in [-0.1, -0.05) is 12.1 Å². The summed E-state index contributed by atoms with van der Waals surface area (Å²) in [5.41, 5.74) is 3.65. The summed E-state index contributed by atoms with van der Waals surface area (Å²) in [5, 5.41) is 0. The van der Waals surface area contributed by atoms with Crippen LogP contribution in [0.4, 0.5) is 4.39 Å². The van der Waals surface area contributed by atoms with Gasteiger partial charge in [-0.2, -0.15) is 0 Å². The zero-order valence-corrected chi connectivity index (χ0v) is 9.32. The van der Waals surface area contributed by atoms with Crippen LogP contribution in [0.5, 0.6) is 0 Å². The molecule has 0 aliphatic carbocycles. The van der Waals surface area contributed by atoms with Gasteiger partial charge in [0.1, 0.15) is 5.82 Å². The first-order valence-electron chi connectivity index (χ1n) is 5.55. The lowest BCUT2D eigenvalue weighted by atomic mass is 9.89. The number of hydrogen-bond acceptors (Lipinski definition) is 3. The van der Waals surface area contributed by atoms with Crippen molar-refractivity contribution in [1.29, 1.82) is 0 Å². The summed E-state index contributed by atoms with van der Waals surface area (Å²) in [6.45, 7) is 2.78. The van der Waals surface area contributed by atoms with Crippen molar-refractivity contribution in [1.82, 2.24) is 5.43 Å². The molecule has 0 amide bonds. The minimum absolute atomic E-state index is 0.0480.